The van der Waals surface area contributed by atoms with E-state index in [2.05, 4.69) is 36.1 Å². The average molecular weight is 353 g/mol. The molecule has 138 valence electrons. The monoisotopic (exact) mass is 353 g/mol. The summed E-state index contributed by atoms with van der Waals surface area (Å²) >= 11 is 0. The lowest BCUT2D eigenvalue weighted by Crippen LogP contribution is -2.33. The summed E-state index contributed by atoms with van der Waals surface area (Å²) in [5.74, 6) is -0.878. The summed E-state index contributed by atoms with van der Waals surface area (Å²) in [5, 5.41) is 9.21. The highest BCUT2D eigenvalue weighted by Crippen LogP contribution is 2.16. The Hall–Kier alpha value is -2.17. The van der Waals surface area contributed by atoms with Gasteiger partial charge in [-0.05, 0) is 49.4 Å². The molecule has 1 aliphatic rings. The number of benzene rings is 2. The minimum Gasteiger partial charge on any atom is -0.478 e. The van der Waals surface area contributed by atoms with Crippen LogP contribution in [0, 0.1) is 6.92 Å². The second-order valence-electron chi connectivity index (χ2n) is 7.11. The highest BCUT2D eigenvalue weighted by atomic mass is 16.5. The number of carbonyl (C=O) groups is 1. The molecule has 1 unspecified atom stereocenters. The lowest BCUT2D eigenvalue weighted by molar-refractivity contribution is 0.0690. The van der Waals surface area contributed by atoms with Crippen LogP contribution in [0.3, 0.4) is 0 Å². The zero-order valence-corrected chi connectivity index (χ0v) is 15.4. The molecule has 1 aliphatic heterocycles. The van der Waals surface area contributed by atoms with Crippen LogP contribution in [-0.2, 0) is 17.7 Å². The molecule has 0 radical (unpaired) electrons. The van der Waals surface area contributed by atoms with E-state index in [-0.39, 0.29) is 6.10 Å². The molecule has 1 N–H and O–H groups in total. The Balaban J connectivity index is 1.66. The molecular formula is C22H27NO3. The molecule has 1 saturated heterocycles. The Morgan fingerprint density at radius 3 is 2.69 bits per heavy atom. The summed E-state index contributed by atoms with van der Waals surface area (Å²) in [6.45, 7) is 5.52. The van der Waals surface area contributed by atoms with Crippen molar-refractivity contribution in [2.24, 2.45) is 0 Å². The predicted molar refractivity (Wildman–Crippen MR) is 103 cm³/mol. The van der Waals surface area contributed by atoms with Gasteiger partial charge < -0.3 is 9.84 Å². The number of carboxylic acid groups (broad SMARTS) is 1. The summed E-state index contributed by atoms with van der Waals surface area (Å²) < 4.78 is 5.82. The van der Waals surface area contributed by atoms with Gasteiger partial charge >= 0.3 is 5.97 Å². The predicted octanol–water partition coefficient (Wildman–Crippen LogP) is 3.92. The molecule has 1 atom stereocenters. The number of carboxylic acids is 1. The molecule has 0 aromatic heterocycles. The van der Waals surface area contributed by atoms with Gasteiger partial charge in [-0.25, -0.2) is 4.79 Å². The number of aryl methyl sites for hydroxylation is 1. The first kappa shape index (κ1) is 18.6. The lowest BCUT2D eigenvalue weighted by Gasteiger charge is -2.25. The van der Waals surface area contributed by atoms with Crippen molar-refractivity contribution in [3.8, 4) is 0 Å². The third-order valence-electron chi connectivity index (χ3n) is 4.90. The lowest BCUT2D eigenvalue weighted by atomic mass is 10.1. The number of hydrogen-bond acceptors (Lipinski definition) is 3. The van der Waals surface area contributed by atoms with Crippen molar-refractivity contribution in [2.75, 3.05) is 19.7 Å². The van der Waals surface area contributed by atoms with Crippen LogP contribution in [0.4, 0.5) is 0 Å². The van der Waals surface area contributed by atoms with Crippen molar-refractivity contribution < 1.29 is 14.6 Å². The van der Waals surface area contributed by atoms with Gasteiger partial charge in [-0.3, -0.25) is 4.90 Å². The van der Waals surface area contributed by atoms with E-state index >= 15 is 0 Å². The van der Waals surface area contributed by atoms with E-state index in [1.165, 1.54) is 11.1 Å². The fraction of sp³-hybridized carbons (Fsp3) is 0.409. The average Bonchev–Trinajstić information content (AvgIpc) is 3.14. The van der Waals surface area contributed by atoms with E-state index < -0.39 is 5.97 Å². The van der Waals surface area contributed by atoms with Gasteiger partial charge in [0.15, 0.2) is 0 Å². The number of nitrogens with zero attached hydrogens (tertiary/aromatic N) is 1. The second kappa shape index (κ2) is 8.97. The molecule has 1 fully saturated rings. The van der Waals surface area contributed by atoms with Crippen LogP contribution in [0.2, 0.25) is 0 Å². The van der Waals surface area contributed by atoms with E-state index in [0.717, 1.165) is 51.1 Å². The smallest absolute Gasteiger partial charge is 0.335 e. The maximum atomic E-state index is 11.2. The van der Waals surface area contributed by atoms with Gasteiger partial charge in [0.2, 0.25) is 0 Å². The maximum Gasteiger partial charge on any atom is 0.335 e. The molecule has 2 aromatic carbocycles. The van der Waals surface area contributed by atoms with Crippen molar-refractivity contribution in [2.45, 2.75) is 38.8 Å². The van der Waals surface area contributed by atoms with Gasteiger partial charge in [-0.15, -0.1) is 0 Å². The largest absolute Gasteiger partial charge is 0.478 e. The van der Waals surface area contributed by atoms with Crippen LogP contribution < -0.4 is 0 Å². The first-order valence-electron chi connectivity index (χ1n) is 9.32. The third-order valence-corrected chi connectivity index (χ3v) is 4.90. The van der Waals surface area contributed by atoms with Crippen molar-refractivity contribution in [3.05, 3.63) is 70.8 Å². The fourth-order valence-electron chi connectivity index (χ4n) is 3.41. The number of ether oxygens (including phenoxy) is 1. The van der Waals surface area contributed by atoms with Crippen molar-refractivity contribution in [1.82, 2.24) is 4.90 Å². The van der Waals surface area contributed by atoms with Crippen LogP contribution in [0.1, 0.15) is 39.9 Å². The minimum absolute atomic E-state index is 0.288. The molecule has 2 aromatic rings. The van der Waals surface area contributed by atoms with Crippen molar-refractivity contribution in [3.63, 3.8) is 0 Å². The molecule has 0 spiro atoms. The Bertz CT molecular complexity index is 720. The Labute approximate surface area is 155 Å². The number of hydrogen-bond donors (Lipinski definition) is 1. The summed E-state index contributed by atoms with van der Waals surface area (Å²) in [4.78, 5) is 13.6. The van der Waals surface area contributed by atoms with Gasteiger partial charge in [-0.2, -0.15) is 0 Å². The molecule has 0 aliphatic carbocycles. The molecule has 4 nitrogen and oxygen atoms in total. The fourth-order valence-corrected chi connectivity index (χ4v) is 3.41. The van der Waals surface area contributed by atoms with Gasteiger partial charge in [0.05, 0.1) is 11.7 Å². The zero-order chi connectivity index (χ0) is 18.4. The molecule has 0 bridgehead atoms. The second-order valence-corrected chi connectivity index (χ2v) is 7.11. The first-order chi connectivity index (χ1) is 12.6. The number of aromatic carboxylic acids is 1. The molecule has 0 amide bonds. The molecule has 26 heavy (non-hydrogen) atoms. The van der Waals surface area contributed by atoms with Crippen molar-refractivity contribution in [1.29, 1.82) is 0 Å². The molecule has 1 heterocycles. The van der Waals surface area contributed by atoms with Crippen LogP contribution >= 0.6 is 0 Å². The Morgan fingerprint density at radius 1 is 1.19 bits per heavy atom. The van der Waals surface area contributed by atoms with E-state index in [1.807, 2.05) is 12.1 Å². The Morgan fingerprint density at radius 2 is 2.00 bits per heavy atom. The topological polar surface area (TPSA) is 49.8 Å². The highest BCUT2D eigenvalue weighted by molar-refractivity contribution is 5.87. The van der Waals surface area contributed by atoms with Crippen LogP contribution in [0.5, 0.6) is 0 Å². The van der Waals surface area contributed by atoms with Gasteiger partial charge in [0, 0.05) is 26.2 Å². The first-order valence-corrected chi connectivity index (χ1v) is 9.32. The van der Waals surface area contributed by atoms with E-state index in [4.69, 9.17) is 4.74 Å². The summed E-state index contributed by atoms with van der Waals surface area (Å²) in [6.07, 6.45) is 3.50. The van der Waals surface area contributed by atoms with Crippen molar-refractivity contribution >= 4 is 5.97 Å². The Kier molecular flexibility index (Phi) is 6.42. The standard InChI is InChI=1S/C22H27NO3/c1-17-7-9-18(10-8-17)11-12-23(16-21-6-3-13-26-21)15-19-4-2-5-20(14-19)22(24)25/h2,4-5,7-10,14,21H,3,6,11-13,15-16H2,1H3,(H,24,25). The summed E-state index contributed by atoms with van der Waals surface area (Å²) in [6, 6.07) is 15.9. The van der Waals surface area contributed by atoms with E-state index in [1.54, 1.807) is 12.1 Å². The molecule has 4 heteroatoms. The van der Waals surface area contributed by atoms with E-state index in [9.17, 15) is 9.90 Å². The molecule has 3 rings (SSSR count). The molecule has 0 saturated carbocycles. The van der Waals surface area contributed by atoms with Crippen LogP contribution in [-0.4, -0.2) is 41.8 Å². The van der Waals surface area contributed by atoms with Gasteiger partial charge in [-0.1, -0.05) is 42.0 Å². The number of rotatable bonds is 8. The quantitative estimate of drug-likeness (QED) is 0.781. The summed E-state index contributed by atoms with van der Waals surface area (Å²) in [5.41, 5.74) is 3.98. The zero-order valence-electron chi connectivity index (χ0n) is 15.4. The van der Waals surface area contributed by atoms with Gasteiger partial charge in [0.25, 0.3) is 0 Å². The molecular weight excluding hydrogens is 326 g/mol. The van der Waals surface area contributed by atoms with Crippen LogP contribution in [0.15, 0.2) is 48.5 Å². The minimum atomic E-state index is -0.878. The third kappa shape index (κ3) is 5.41. The van der Waals surface area contributed by atoms with Gasteiger partial charge in [0.1, 0.15) is 0 Å². The van der Waals surface area contributed by atoms with Crippen LogP contribution in [0.25, 0.3) is 0 Å². The van der Waals surface area contributed by atoms with E-state index in [0.29, 0.717) is 5.56 Å². The normalized spacial score (nSPS) is 16.9. The maximum absolute atomic E-state index is 11.2. The SMILES string of the molecule is Cc1ccc(CCN(Cc2cccc(C(=O)O)c2)CC2CCCO2)cc1. The summed E-state index contributed by atoms with van der Waals surface area (Å²) in [7, 11) is 0. The highest BCUT2D eigenvalue weighted by Gasteiger charge is 2.19.